The Morgan fingerprint density at radius 3 is 2.46 bits per heavy atom. The van der Waals surface area contributed by atoms with E-state index < -0.39 is 0 Å². The van der Waals surface area contributed by atoms with Crippen LogP contribution < -0.4 is 11.5 Å². The number of piperidine rings is 1. The maximum Gasteiger partial charge on any atom is 0.289 e. The second-order valence-corrected chi connectivity index (χ2v) is 9.60. The van der Waals surface area contributed by atoms with Crippen LogP contribution in [-0.4, -0.2) is 54.4 Å². The number of nitrogens with two attached hydrogens (primary N) is 2. The number of fused-ring (bicyclic) bond motifs is 3. The number of nitrogens with zero attached hydrogens (tertiary/aromatic N) is 6. The van der Waals surface area contributed by atoms with Crippen molar-refractivity contribution in [3.8, 4) is 22.5 Å². The van der Waals surface area contributed by atoms with Crippen LogP contribution in [0.1, 0.15) is 37.3 Å². The van der Waals surface area contributed by atoms with Gasteiger partial charge in [0.1, 0.15) is 6.34 Å². The molecule has 2 fully saturated rings. The van der Waals surface area contributed by atoms with Crippen LogP contribution in [0.2, 0.25) is 0 Å². The molecule has 3 aromatic heterocycles. The summed E-state index contributed by atoms with van der Waals surface area (Å²) in [5.41, 5.74) is 17.5. The maximum atomic E-state index is 12.8. The van der Waals surface area contributed by atoms with Crippen LogP contribution in [0.5, 0.6) is 0 Å². The largest absolute Gasteiger partial charge is 0.381 e. The van der Waals surface area contributed by atoms with Crippen LogP contribution in [0.3, 0.4) is 0 Å². The van der Waals surface area contributed by atoms with Gasteiger partial charge in [0.25, 0.3) is 5.91 Å². The second-order valence-electron chi connectivity index (χ2n) is 9.60. The summed E-state index contributed by atoms with van der Waals surface area (Å²) in [5.74, 6) is 0.110. The van der Waals surface area contributed by atoms with Gasteiger partial charge in [-0.3, -0.25) is 19.6 Å². The first-order valence-corrected chi connectivity index (χ1v) is 12.3. The van der Waals surface area contributed by atoms with Crippen molar-refractivity contribution in [2.75, 3.05) is 5.73 Å². The van der Waals surface area contributed by atoms with E-state index in [1.807, 2.05) is 64.2 Å². The zero-order chi connectivity index (χ0) is 25.5. The number of amidine groups is 1. The summed E-state index contributed by atoms with van der Waals surface area (Å²) in [6.45, 7) is 0. The zero-order valence-corrected chi connectivity index (χ0v) is 20.2. The number of benzene rings is 1. The summed E-state index contributed by atoms with van der Waals surface area (Å²) < 4.78 is 1.99. The summed E-state index contributed by atoms with van der Waals surface area (Å²) in [6.07, 6.45) is 9.85. The zero-order valence-electron chi connectivity index (χ0n) is 20.2. The van der Waals surface area contributed by atoms with Crippen LogP contribution in [0.15, 0.2) is 66.0 Å². The molecule has 0 spiro atoms. The predicted molar refractivity (Wildman–Crippen MR) is 142 cm³/mol. The number of amides is 1. The van der Waals surface area contributed by atoms with Crippen molar-refractivity contribution in [1.82, 2.24) is 24.3 Å². The molecule has 0 aliphatic carbocycles. The van der Waals surface area contributed by atoms with E-state index >= 15 is 0 Å². The van der Waals surface area contributed by atoms with Crippen LogP contribution in [0.25, 0.3) is 28.2 Å². The lowest BCUT2D eigenvalue weighted by molar-refractivity contribution is -0.128. The lowest BCUT2D eigenvalue weighted by Crippen LogP contribution is -2.50. The minimum absolute atomic E-state index is 0.0615. The fraction of sp³-hybridized carbons (Fsp3) is 0.259. The van der Waals surface area contributed by atoms with Crippen LogP contribution >= 0.6 is 0 Å². The summed E-state index contributed by atoms with van der Waals surface area (Å²) in [6, 6.07) is 14.2. The SMILES string of the molecule is N=CN=C(N)C(=O)N1[C@@H]2CC[C@H]1CC(c1cn3c(-c4ccc(-c5ccccc5)nc4)cnc3c(N)n1)C2. The van der Waals surface area contributed by atoms with E-state index in [4.69, 9.17) is 21.9 Å². The summed E-state index contributed by atoms with van der Waals surface area (Å²) in [4.78, 5) is 32.2. The highest BCUT2D eigenvalue weighted by Crippen LogP contribution is 2.43. The van der Waals surface area contributed by atoms with Gasteiger partial charge in [0.2, 0.25) is 0 Å². The molecule has 3 atom stereocenters. The summed E-state index contributed by atoms with van der Waals surface area (Å²) >= 11 is 0. The van der Waals surface area contributed by atoms with E-state index in [-0.39, 0.29) is 29.7 Å². The van der Waals surface area contributed by atoms with Gasteiger partial charge >= 0.3 is 0 Å². The Balaban J connectivity index is 1.30. The van der Waals surface area contributed by atoms with Crippen molar-refractivity contribution in [2.24, 2.45) is 10.7 Å². The number of aliphatic imine (C=N–C) groups is 1. The fourth-order valence-corrected chi connectivity index (χ4v) is 5.77. The van der Waals surface area contributed by atoms with Crippen LogP contribution in [0.4, 0.5) is 5.82 Å². The second kappa shape index (κ2) is 9.12. The van der Waals surface area contributed by atoms with Crippen molar-refractivity contribution in [1.29, 1.82) is 5.41 Å². The summed E-state index contributed by atoms with van der Waals surface area (Å²) in [7, 11) is 0. The van der Waals surface area contributed by atoms with Gasteiger partial charge in [-0.05, 0) is 37.8 Å². The topological polar surface area (TPSA) is 152 Å². The number of aromatic nitrogens is 4. The van der Waals surface area contributed by atoms with E-state index in [9.17, 15) is 4.79 Å². The molecule has 10 heteroatoms. The molecule has 0 saturated carbocycles. The van der Waals surface area contributed by atoms with Gasteiger partial charge in [-0.15, -0.1) is 0 Å². The smallest absolute Gasteiger partial charge is 0.289 e. The van der Waals surface area contributed by atoms with E-state index in [0.717, 1.165) is 60.2 Å². The van der Waals surface area contributed by atoms with Crippen molar-refractivity contribution in [3.63, 3.8) is 0 Å². The first-order chi connectivity index (χ1) is 18.0. The molecule has 0 radical (unpaired) electrons. The number of pyridine rings is 1. The highest BCUT2D eigenvalue weighted by atomic mass is 16.2. The maximum absolute atomic E-state index is 12.8. The molecule has 10 nitrogen and oxygen atoms in total. The third-order valence-electron chi connectivity index (χ3n) is 7.47. The number of anilines is 1. The molecule has 37 heavy (non-hydrogen) atoms. The Hall–Kier alpha value is -4.60. The first-order valence-electron chi connectivity index (χ1n) is 12.3. The molecule has 5 heterocycles. The summed E-state index contributed by atoms with van der Waals surface area (Å²) in [5, 5.41) is 7.11. The molecule has 1 aromatic carbocycles. The average molecular weight is 494 g/mol. The minimum atomic E-state index is -0.291. The molecule has 1 unspecified atom stereocenters. The van der Waals surface area contributed by atoms with Gasteiger partial charge in [-0.2, -0.15) is 0 Å². The van der Waals surface area contributed by atoms with Gasteiger partial charge < -0.3 is 16.4 Å². The molecular weight excluding hydrogens is 466 g/mol. The van der Waals surface area contributed by atoms with Gasteiger partial charge in [0, 0.05) is 41.5 Å². The highest BCUT2D eigenvalue weighted by Gasteiger charge is 2.44. The molecule has 2 saturated heterocycles. The third kappa shape index (κ3) is 4.00. The molecule has 186 valence electrons. The van der Waals surface area contributed by atoms with Gasteiger partial charge in [-0.25, -0.2) is 15.0 Å². The Morgan fingerprint density at radius 1 is 1.03 bits per heavy atom. The highest BCUT2D eigenvalue weighted by molar-refractivity contribution is 6.38. The number of nitrogen functional groups attached to an aromatic ring is 1. The van der Waals surface area contributed by atoms with Crippen molar-refractivity contribution in [3.05, 3.63) is 66.7 Å². The van der Waals surface area contributed by atoms with Gasteiger partial charge in [-0.1, -0.05) is 30.3 Å². The quantitative estimate of drug-likeness (QED) is 0.293. The number of hydrogen-bond donors (Lipinski definition) is 3. The minimum Gasteiger partial charge on any atom is -0.381 e. The first kappa shape index (κ1) is 22.8. The van der Waals surface area contributed by atoms with Crippen molar-refractivity contribution < 1.29 is 4.79 Å². The van der Waals surface area contributed by atoms with E-state index in [2.05, 4.69) is 15.0 Å². The average Bonchev–Trinajstić information content (AvgIpc) is 3.47. The standard InChI is InChI=1S/C27H27N9O/c28-15-33-25(30)27(37)36-19-7-8-20(36)11-18(10-19)22-14-35-23(13-32-26(35)24(29)34-22)17-6-9-21(31-12-17)16-4-2-1-3-5-16/h1-6,9,12-15,18-20H,7-8,10-11H2,(H2,29,34)(H3,28,30,33)/t18?,19-,20+. The number of carbonyl (C=O) groups excluding carboxylic acids is 1. The lowest BCUT2D eigenvalue weighted by Gasteiger charge is -2.38. The Labute approximate surface area is 213 Å². The molecule has 5 N–H and O–H groups in total. The molecule has 2 aliphatic rings. The number of hydrogen-bond acceptors (Lipinski definition) is 6. The molecule has 2 aliphatic heterocycles. The molecule has 2 bridgehead atoms. The molecule has 6 rings (SSSR count). The molecule has 1 amide bonds. The third-order valence-corrected chi connectivity index (χ3v) is 7.47. The van der Waals surface area contributed by atoms with Gasteiger partial charge in [0.05, 0.1) is 23.3 Å². The van der Waals surface area contributed by atoms with Crippen LogP contribution in [-0.2, 0) is 4.79 Å². The lowest BCUT2D eigenvalue weighted by atomic mass is 9.88. The number of nitrogens with one attached hydrogen (secondary N) is 1. The van der Waals surface area contributed by atoms with E-state index in [0.29, 0.717) is 11.5 Å². The van der Waals surface area contributed by atoms with E-state index in [1.165, 1.54) is 0 Å². The number of carbonyl (C=O) groups is 1. The van der Waals surface area contributed by atoms with E-state index in [1.54, 1.807) is 6.20 Å². The molecule has 4 aromatic rings. The number of imidazole rings is 1. The molecular formula is C27H27N9O. The Kier molecular flexibility index (Phi) is 5.63. The fourth-order valence-electron chi connectivity index (χ4n) is 5.77. The predicted octanol–water partition coefficient (Wildman–Crippen LogP) is 3.24. The van der Waals surface area contributed by atoms with Gasteiger partial charge in [0.15, 0.2) is 17.3 Å². The van der Waals surface area contributed by atoms with Crippen LogP contribution in [0, 0.1) is 5.41 Å². The number of rotatable bonds is 4. The van der Waals surface area contributed by atoms with Crippen molar-refractivity contribution in [2.45, 2.75) is 43.7 Å². The Bertz CT molecular complexity index is 1500. The van der Waals surface area contributed by atoms with Crippen molar-refractivity contribution >= 4 is 29.5 Å². The normalized spacial score (nSPS) is 21.4. The monoisotopic (exact) mass is 493 g/mol. The Morgan fingerprint density at radius 2 is 1.78 bits per heavy atom.